The number of halogens is 1. The minimum Gasteiger partial charge on any atom is -0.493 e. The highest BCUT2D eigenvalue weighted by molar-refractivity contribution is 6.30. The molecular weight excluding hydrogens is 302 g/mol. The van der Waals surface area contributed by atoms with Crippen LogP contribution in [0.2, 0.25) is 5.02 Å². The van der Waals surface area contributed by atoms with Crippen LogP contribution in [0, 0.1) is 0 Å². The average Bonchev–Trinajstić information content (AvgIpc) is 2.97. The van der Waals surface area contributed by atoms with Crippen LogP contribution in [0.4, 0.5) is 0 Å². The molecular formula is C17H20ClNO3. The van der Waals surface area contributed by atoms with E-state index in [0.717, 1.165) is 37.7 Å². The number of benzene rings is 1. The third kappa shape index (κ3) is 2.73. The van der Waals surface area contributed by atoms with Crippen LogP contribution in [-0.4, -0.2) is 19.3 Å². The molecule has 2 aliphatic carbocycles. The van der Waals surface area contributed by atoms with Crippen molar-refractivity contribution in [2.24, 2.45) is 4.99 Å². The highest BCUT2D eigenvalue weighted by atomic mass is 35.5. The van der Waals surface area contributed by atoms with E-state index in [1.165, 1.54) is 12.8 Å². The van der Waals surface area contributed by atoms with Crippen LogP contribution in [0.25, 0.3) is 0 Å². The molecule has 0 N–H and O–H groups in total. The molecule has 0 amide bonds. The van der Waals surface area contributed by atoms with Crippen molar-refractivity contribution in [2.45, 2.75) is 56.6 Å². The quantitative estimate of drug-likeness (QED) is 0.597. The predicted octanol–water partition coefficient (Wildman–Crippen LogP) is 4.39. The molecule has 0 saturated heterocycles. The zero-order chi connectivity index (χ0) is 15.6. The van der Waals surface area contributed by atoms with Gasteiger partial charge in [-0.2, -0.15) is 4.99 Å². The van der Waals surface area contributed by atoms with Crippen LogP contribution < -0.4 is 9.47 Å². The SMILES string of the molecule is COc1cc(Cl)cc(C2(N=C=O)CCC2)c1OC1CCCC1. The van der Waals surface area contributed by atoms with Gasteiger partial charge in [-0.05, 0) is 51.0 Å². The van der Waals surface area contributed by atoms with E-state index in [-0.39, 0.29) is 6.10 Å². The van der Waals surface area contributed by atoms with E-state index >= 15 is 0 Å². The van der Waals surface area contributed by atoms with Gasteiger partial charge in [-0.15, -0.1) is 0 Å². The lowest BCUT2D eigenvalue weighted by Crippen LogP contribution is -2.33. The predicted molar refractivity (Wildman–Crippen MR) is 84.5 cm³/mol. The summed E-state index contributed by atoms with van der Waals surface area (Å²) in [5.74, 6) is 1.30. The Morgan fingerprint density at radius 3 is 2.55 bits per heavy atom. The molecule has 0 aliphatic heterocycles. The second kappa shape index (κ2) is 6.31. The summed E-state index contributed by atoms with van der Waals surface area (Å²) < 4.78 is 11.7. The molecule has 1 aromatic rings. The van der Waals surface area contributed by atoms with Crippen LogP contribution in [-0.2, 0) is 10.3 Å². The molecule has 0 bridgehead atoms. The van der Waals surface area contributed by atoms with Crippen molar-refractivity contribution in [3.63, 3.8) is 0 Å². The van der Waals surface area contributed by atoms with Crippen molar-refractivity contribution in [1.29, 1.82) is 0 Å². The van der Waals surface area contributed by atoms with Crippen molar-refractivity contribution >= 4 is 17.7 Å². The molecule has 1 aromatic carbocycles. The van der Waals surface area contributed by atoms with Crippen molar-refractivity contribution in [3.8, 4) is 11.5 Å². The van der Waals surface area contributed by atoms with Crippen molar-refractivity contribution in [2.75, 3.05) is 7.11 Å². The number of ether oxygens (including phenoxy) is 2. The number of isocyanates is 1. The molecule has 0 heterocycles. The molecule has 0 atom stereocenters. The number of hydrogen-bond donors (Lipinski definition) is 0. The first-order valence-corrected chi connectivity index (χ1v) is 8.20. The van der Waals surface area contributed by atoms with Gasteiger partial charge in [-0.3, -0.25) is 0 Å². The van der Waals surface area contributed by atoms with Crippen LogP contribution >= 0.6 is 11.6 Å². The largest absolute Gasteiger partial charge is 0.493 e. The fourth-order valence-electron chi connectivity index (χ4n) is 3.40. The van der Waals surface area contributed by atoms with E-state index in [9.17, 15) is 4.79 Å². The first kappa shape index (κ1) is 15.4. The molecule has 4 nitrogen and oxygen atoms in total. The molecule has 0 unspecified atom stereocenters. The number of aliphatic imine (C=N–C) groups is 1. The Bertz CT molecular complexity index is 600. The van der Waals surface area contributed by atoms with E-state index in [2.05, 4.69) is 4.99 Å². The third-order valence-corrected chi connectivity index (χ3v) is 4.99. The van der Waals surface area contributed by atoms with Crippen LogP contribution in [0.1, 0.15) is 50.5 Å². The van der Waals surface area contributed by atoms with Gasteiger partial charge >= 0.3 is 0 Å². The monoisotopic (exact) mass is 321 g/mol. The molecule has 22 heavy (non-hydrogen) atoms. The minimum absolute atomic E-state index is 0.200. The number of carbonyl (C=O) groups excluding carboxylic acids is 1. The van der Waals surface area contributed by atoms with Gasteiger partial charge in [0.1, 0.15) is 5.54 Å². The standard InChI is InChI=1S/C17H20ClNO3/c1-21-15-10-12(18)9-14(17(19-11-20)7-4-8-17)16(15)22-13-5-2-3-6-13/h9-10,13H,2-8H2,1H3. The average molecular weight is 322 g/mol. The summed E-state index contributed by atoms with van der Waals surface area (Å²) in [4.78, 5) is 15.0. The van der Waals surface area contributed by atoms with E-state index in [1.807, 2.05) is 6.07 Å². The molecule has 0 aromatic heterocycles. The summed E-state index contributed by atoms with van der Waals surface area (Å²) in [5.41, 5.74) is 0.312. The molecule has 5 heteroatoms. The van der Waals surface area contributed by atoms with E-state index in [0.29, 0.717) is 16.5 Å². The summed E-state index contributed by atoms with van der Waals surface area (Å²) in [6.45, 7) is 0. The van der Waals surface area contributed by atoms with Crippen molar-refractivity contribution in [3.05, 3.63) is 22.7 Å². The Labute approximate surface area is 135 Å². The summed E-state index contributed by atoms with van der Waals surface area (Å²) in [6, 6.07) is 3.61. The molecule has 118 valence electrons. The highest BCUT2D eigenvalue weighted by Gasteiger charge is 2.42. The van der Waals surface area contributed by atoms with E-state index in [4.69, 9.17) is 21.1 Å². The van der Waals surface area contributed by atoms with Gasteiger partial charge in [-0.1, -0.05) is 11.6 Å². The first-order valence-electron chi connectivity index (χ1n) is 7.82. The molecule has 0 spiro atoms. The Hall–Kier alpha value is -1.51. The number of rotatable bonds is 5. The lowest BCUT2D eigenvalue weighted by atomic mass is 9.72. The number of methoxy groups -OCH3 is 1. The minimum atomic E-state index is -0.548. The summed E-state index contributed by atoms with van der Waals surface area (Å²) in [6.07, 6.45) is 9.06. The smallest absolute Gasteiger partial charge is 0.235 e. The summed E-state index contributed by atoms with van der Waals surface area (Å²) in [7, 11) is 1.60. The molecule has 2 aliphatic rings. The first-order chi connectivity index (χ1) is 10.7. The Balaban J connectivity index is 2.06. The van der Waals surface area contributed by atoms with Crippen molar-refractivity contribution < 1.29 is 14.3 Å². The Kier molecular flexibility index (Phi) is 4.42. The maximum atomic E-state index is 10.9. The van der Waals surface area contributed by atoms with Crippen LogP contribution in [0.5, 0.6) is 11.5 Å². The van der Waals surface area contributed by atoms with E-state index < -0.39 is 5.54 Å². The highest BCUT2D eigenvalue weighted by Crippen LogP contribution is 2.52. The lowest BCUT2D eigenvalue weighted by molar-refractivity contribution is 0.182. The van der Waals surface area contributed by atoms with Crippen LogP contribution in [0.3, 0.4) is 0 Å². The maximum Gasteiger partial charge on any atom is 0.235 e. The van der Waals surface area contributed by atoms with E-state index in [1.54, 1.807) is 19.3 Å². The summed E-state index contributed by atoms with van der Waals surface area (Å²) in [5, 5.41) is 0.568. The topological polar surface area (TPSA) is 47.9 Å². The Morgan fingerprint density at radius 2 is 2.00 bits per heavy atom. The van der Waals surface area contributed by atoms with Gasteiger partial charge in [0.15, 0.2) is 11.5 Å². The van der Waals surface area contributed by atoms with Crippen LogP contribution in [0.15, 0.2) is 17.1 Å². The Morgan fingerprint density at radius 1 is 1.27 bits per heavy atom. The van der Waals surface area contributed by atoms with Gasteiger partial charge in [-0.25, -0.2) is 4.79 Å². The number of nitrogens with zero attached hydrogens (tertiary/aromatic N) is 1. The second-order valence-corrected chi connectivity index (χ2v) is 6.53. The fraction of sp³-hybridized carbons (Fsp3) is 0.588. The third-order valence-electron chi connectivity index (χ3n) is 4.77. The van der Waals surface area contributed by atoms with Gasteiger partial charge in [0.2, 0.25) is 6.08 Å². The fourth-order valence-corrected chi connectivity index (χ4v) is 3.61. The zero-order valence-electron chi connectivity index (χ0n) is 12.7. The van der Waals surface area contributed by atoms with Crippen molar-refractivity contribution in [1.82, 2.24) is 0 Å². The molecule has 3 rings (SSSR count). The lowest BCUT2D eigenvalue weighted by Gasteiger charge is -2.38. The summed E-state index contributed by atoms with van der Waals surface area (Å²) >= 11 is 6.23. The maximum absolute atomic E-state index is 10.9. The second-order valence-electron chi connectivity index (χ2n) is 6.10. The van der Waals surface area contributed by atoms with Gasteiger partial charge < -0.3 is 9.47 Å². The van der Waals surface area contributed by atoms with Gasteiger partial charge in [0.25, 0.3) is 0 Å². The zero-order valence-corrected chi connectivity index (χ0v) is 13.5. The number of hydrogen-bond acceptors (Lipinski definition) is 4. The van der Waals surface area contributed by atoms with Gasteiger partial charge in [0, 0.05) is 16.7 Å². The molecule has 0 radical (unpaired) electrons. The molecule has 2 saturated carbocycles. The normalized spacial score (nSPS) is 20.1. The molecule has 2 fully saturated rings. The van der Waals surface area contributed by atoms with Gasteiger partial charge in [0.05, 0.1) is 13.2 Å².